The van der Waals surface area contributed by atoms with Gasteiger partial charge in [-0.15, -0.1) is 0 Å². The summed E-state index contributed by atoms with van der Waals surface area (Å²) in [5.74, 6) is 0. The highest BCUT2D eigenvalue weighted by atomic mass is 127. The van der Waals surface area contributed by atoms with Gasteiger partial charge in [-0.2, -0.15) is 0 Å². The summed E-state index contributed by atoms with van der Waals surface area (Å²) in [4.78, 5) is 0. The normalized spacial score (nSPS) is 13.5. The minimum absolute atomic E-state index is 0.355. The Kier molecular flexibility index (Phi) is 5.19. The van der Waals surface area contributed by atoms with Crippen LogP contribution in [0.25, 0.3) is 0 Å². The molecule has 0 rings (SSSR count). The van der Waals surface area contributed by atoms with Gasteiger partial charge in [0, 0.05) is 21.3 Å². The Morgan fingerprint density at radius 3 is 1.42 bits per heavy atom. The van der Waals surface area contributed by atoms with Crippen molar-refractivity contribution >= 4 is 31.6 Å². The summed E-state index contributed by atoms with van der Waals surface area (Å²) in [7, 11) is 1.69. The first-order valence-electron chi connectivity index (χ1n) is 3.43. The van der Waals surface area contributed by atoms with Crippen LogP contribution in [0.5, 0.6) is 0 Å². The lowest BCUT2D eigenvalue weighted by Crippen LogP contribution is -2.50. The van der Waals surface area contributed by atoms with Crippen LogP contribution in [0.4, 0.5) is 0 Å². The van der Waals surface area contributed by atoms with Crippen molar-refractivity contribution in [2.45, 2.75) is 17.5 Å². The van der Waals surface area contributed by atoms with E-state index in [9.17, 15) is 0 Å². The van der Waals surface area contributed by atoms with Crippen LogP contribution in [0.2, 0.25) is 0 Å². The van der Waals surface area contributed by atoms with Gasteiger partial charge in [-0.05, 0) is 36.4 Å². The molecule has 0 radical (unpaired) electrons. The fourth-order valence-electron chi connectivity index (χ4n) is 0.672. The van der Waals surface area contributed by atoms with E-state index < -0.39 is 9.05 Å². The van der Waals surface area contributed by atoms with Gasteiger partial charge >= 0.3 is 9.05 Å². The highest BCUT2D eigenvalue weighted by molar-refractivity contribution is 14.1. The maximum Gasteiger partial charge on any atom is 0.679 e. The molecular weight excluding hydrogens is 291 g/mol. The summed E-state index contributed by atoms with van der Waals surface area (Å²) in [5.41, 5.74) is 0. The molecule has 0 aliphatic rings. The van der Waals surface area contributed by atoms with Crippen molar-refractivity contribution in [3.8, 4) is 0 Å². The van der Waals surface area contributed by atoms with Gasteiger partial charge in [-0.3, -0.25) is 0 Å². The van der Waals surface area contributed by atoms with Crippen molar-refractivity contribution in [1.82, 2.24) is 0 Å². The van der Waals surface area contributed by atoms with Crippen LogP contribution in [0.1, 0.15) is 13.8 Å². The Bertz CT molecular complexity index is 124. The van der Waals surface area contributed by atoms with Gasteiger partial charge in [-0.25, -0.2) is 0 Å². The van der Waals surface area contributed by atoms with Crippen LogP contribution in [0.3, 0.4) is 0 Å². The fraction of sp³-hybridized carbons (Fsp3) is 1.00. The summed E-state index contributed by atoms with van der Waals surface area (Å²) in [6, 6.07) is 0. The minimum Gasteiger partial charge on any atom is -0.355 e. The average Bonchev–Trinajstić information content (AvgIpc) is 1.99. The summed E-state index contributed by atoms with van der Waals surface area (Å²) < 4.78 is 20.4. The number of rotatable bonds is 5. The molecular formula is C6H15IO4Si. The zero-order chi connectivity index (χ0) is 9.83. The van der Waals surface area contributed by atoms with Crippen LogP contribution in [0, 0.1) is 0 Å². The van der Waals surface area contributed by atoms with Gasteiger partial charge in [0.05, 0.1) is 0 Å². The standard InChI is InChI=1S/C6H15IO4Si/c1-6(2,7)11-12(8-3,9-4)10-5/h1-5H3. The number of alkyl halides is 1. The second-order valence-electron chi connectivity index (χ2n) is 2.58. The van der Waals surface area contributed by atoms with E-state index in [1.54, 1.807) is 0 Å². The van der Waals surface area contributed by atoms with Crippen molar-refractivity contribution in [3.63, 3.8) is 0 Å². The Morgan fingerprint density at radius 2 is 1.33 bits per heavy atom. The molecule has 0 saturated heterocycles. The van der Waals surface area contributed by atoms with Crippen molar-refractivity contribution in [1.29, 1.82) is 0 Å². The van der Waals surface area contributed by atoms with Gasteiger partial charge in [0.1, 0.15) is 3.61 Å². The minimum atomic E-state index is -2.86. The molecule has 4 nitrogen and oxygen atoms in total. The molecule has 12 heavy (non-hydrogen) atoms. The maximum absolute atomic E-state index is 5.53. The van der Waals surface area contributed by atoms with E-state index >= 15 is 0 Å². The highest BCUT2D eigenvalue weighted by Crippen LogP contribution is 2.24. The molecule has 0 saturated carbocycles. The Hall–Kier alpha value is 0.787. The van der Waals surface area contributed by atoms with Gasteiger partial charge < -0.3 is 17.7 Å². The van der Waals surface area contributed by atoms with E-state index in [0.29, 0.717) is 0 Å². The van der Waals surface area contributed by atoms with E-state index in [-0.39, 0.29) is 3.61 Å². The van der Waals surface area contributed by atoms with Crippen molar-refractivity contribution in [2.24, 2.45) is 0 Å². The van der Waals surface area contributed by atoms with Gasteiger partial charge in [0.15, 0.2) is 0 Å². The van der Waals surface area contributed by atoms with Gasteiger partial charge in [0.25, 0.3) is 0 Å². The fourth-order valence-corrected chi connectivity index (χ4v) is 2.83. The number of halogens is 1. The van der Waals surface area contributed by atoms with Crippen LogP contribution in [-0.4, -0.2) is 34.0 Å². The summed E-state index contributed by atoms with van der Waals surface area (Å²) in [6.45, 7) is 3.82. The Morgan fingerprint density at radius 1 is 1.00 bits per heavy atom. The molecule has 0 atom stereocenters. The molecule has 6 heteroatoms. The lowest BCUT2D eigenvalue weighted by atomic mass is 10.5. The zero-order valence-electron chi connectivity index (χ0n) is 8.01. The van der Waals surface area contributed by atoms with Crippen LogP contribution < -0.4 is 0 Å². The third-order valence-electron chi connectivity index (χ3n) is 1.12. The van der Waals surface area contributed by atoms with Gasteiger partial charge in [0.2, 0.25) is 0 Å². The highest BCUT2D eigenvalue weighted by Gasteiger charge is 2.46. The Balaban J connectivity index is 4.30. The molecule has 0 heterocycles. The maximum atomic E-state index is 5.53. The molecule has 0 aliphatic heterocycles. The van der Waals surface area contributed by atoms with Crippen LogP contribution in [0.15, 0.2) is 0 Å². The summed E-state index contributed by atoms with van der Waals surface area (Å²) >= 11 is 2.14. The first-order valence-corrected chi connectivity index (χ1v) is 6.15. The first-order chi connectivity index (χ1) is 5.39. The predicted molar refractivity (Wildman–Crippen MR) is 56.0 cm³/mol. The topological polar surface area (TPSA) is 36.9 Å². The lowest BCUT2D eigenvalue weighted by molar-refractivity contribution is -0.0179. The Labute approximate surface area is 88.2 Å². The average molecular weight is 306 g/mol. The third-order valence-corrected chi connectivity index (χ3v) is 4.01. The van der Waals surface area contributed by atoms with Crippen molar-refractivity contribution in [3.05, 3.63) is 0 Å². The molecule has 0 amide bonds. The SMILES string of the molecule is CO[Si](OC)(OC)OC(C)(C)I. The van der Waals surface area contributed by atoms with Gasteiger partial charge in [-0.1, -0.05) is 0 Å². The summed E-state index contributed by atoms with van der Waals surface area (Å²) in [6.07, 6.45) is 0. The second kappa shape index (κ2) is 4.87. The second-order valence-corrected chi connectivity index (χ2v) is 7.60. The number of hydrogen-bond acceptors (Lipinski definition) is 4. The quantitative estimate of drug-likeness (QED) is 0.439. The molecule has 0 fully saturated rings. The zero-order valence-corrected chi connectivity index (χ0v) is 11.2. The largest absolute Gasteiger partial charge is 0.679 e. The van der Waals surface area contributed by atoms with Crippen LogP contribution >= 0.6 is 22.6 Å². The molecule has 0 aromatic heterocycles. The first kappa shape index (κ1) is 12.8. The lowest BCUT2D eigenvalue weighted by Gasteiger charge is -2.29. The molecule has 0 aliphatic carbocycles. The van der Waals surface area contributed by atoms with E-state index in [2.05, 4.69) is 22.6 Å². The predicted octanol–water partition coefficient (Wildman–Crippen LogP) is 1.55. The molecule has 0 bridgehead atoms. The molecule has 0 spiro atoms. The van der Waals surface area contributed by atoms with E-state index in [4.69, 9.17) is 17.7 Å². The van der Waals surface area contributed by atoms with Crippen molar-refractivity contribution < 1.29 is 17.7 Å². The van der Waals surface area contributed by atoms with E-state index in [0.717, 1.165) is 0 Å². The smallest absolute Gasteiger partial charge is 0.355 e. The molecule has 0 aromatic carbocycles. The number of hydrogen-bond donors (Lipinski definition) is 0. The molecule has 0 unspecified atom stereocenters. The molecule has 0 N–H and O–H groups in total. The van der Waals surface area contributed by atoms with E-state index in [1.165, 1.54) is 21.3 Å². The molecule has 0 aromatic rings. The van der Waals surface area contributed by atoms with Crippen LogP contribution in [-0.2, 0) is 17.7 Å². The monoisotopic (exact) mass is 306 g/mol. The van der Waals surface area contributed by atoms with E-state index in [1.807, 2.05) is 13.8 Å². The summed E-state index contributed by atoms with van der Waals surface area (Å²) in [5, 5.41) is 0. The third kappa shape index (κ3) is 4.15. The molecule has 74 valence electrons. The van der Waals surface area contributed by atoms with Crippen molar-refractivity contribution in [2.75, 3.05) is 21.3 Å².